The molecule has 0 aliphatic carbocycles. The fourth-order valence-corrected chi connectivity index (χ4v) is 3.11. The molecule has 0 radical (unpaired) electrons. The zero-order valence-electron chi connectivity index (χ0n) is 24.4. The van der Waals surface area contributed by atoms with E-state index in [0.29, 0.717) is 13.1 Å². The van der Waals surface area contributed by atoms with Crippen molar-refractivity contribution in [2.45, 2.75) is 73.6 Å². The number of unbranched alkanes of at least 4 members (excludes halogenated alkanes) is 3. The third-order valence-corrected chi connectivity index (χ3v) is 5.38. The molecule has 41 heavy (non-hydrogen) atoms. The minimum absolute atomic E-state index is 0. The second-order valence-corrected chi connectivity index (χ2v) is 9.15. The summed E-state index contributed by atoms with van der Waals surface area (Å²) in [5.41, 5.74) is 16.2. The van der Waals surface area contributed by atoms with Crippen LogP contribution in [0.15, 0.2) is 0 Å². The fourth-order valence-electron chi connectivity index (χ4n) is 2.10. The van der Waals surface area contributed by atoms with E-state index in [2.05, 4.69) is 50.5 Å². The molecule has 0 bridgehead atoms. The zero-order chi connectivity index (χ0) is 31.6. The Kier molecular flexibility index (Phi) is 47.2. The van der Waals surface area contributed by atoms with Crippen LogP contribution in [0.5, 0.6) is 0 Å². The molecule has 0 aromatic heterocycles. The molecule has 246 valence electrons. The lowest BCUT2D eigenvalue weighted by Gasteiger charge is -2.09. The average molecular weight is 651 g/mol. The molecule has 0 heterocycles. The van der Waals surface area contributed by atoms with Gasteiger partial charge in [-0.25, -0.2) is 16.7 Å². The first-order valence-corrected chi connectivity index (χ1v) is 16.4. The number of hydrogen-bond donors (Lipinski definition) is 10. The van der Waals surface area contributed by atoms with Crippen LogP contribution in [0.3, 0.4) is 0 Å². The quantitative estimate of drug-likeness (QED) is 0.0185. The van der Waals surface area contributed by atoms with E-state index >= 15 is 0 Å². The highest BCUT2D eigenvalue weighted by Gasteiger charge is 2.11. The summed E-state index contributed by atoms with van der Waals surface area (Å²) in [6, 6.07) is 0. The van der Waals surface area contributed by atoms with Crippen molar-refractivity contribution in [2.24, 2.45) is 5.84 Å². The van der Waals surface area contributed by atoms with Gasteiger partial charge in [0.25, 0.3) is 5.91 Å². The standard InChI is InChI=1S/C17H33N9O6S2.2C2H6.CH4S.CH4.H2/c1-33-34-11-17(32)19-10-16(31)26-25-15(30)9-14(29)24-21-7-5-3-2-4-6-20-23-13(28)8-12(27)22-18;3*1-2;;/h20-21H,2-11,18H2,1H3,(H,19,32)(H,22,27)(H,23,28)(H,24,29)(H,25,30)(H,26,31);2*1-2H3;2H,1H3;1H4;1H/i;;;;;1+1. The monoisotopic (exact) mass is 650 g/mol. The summed E-state index contributed by atoms with van der Waals surface area (Å²) in [6.07, 6.45) is 5.99. The lowest BCUT2D eigenvalue weighted by molar-refractivity contribution is -0.133. The molecule has 10 N–H and O–H groups in total. The molecule has 0 aromatic rings. The first-order chi connectivity index (χ1) is 19.3. The summed E-state index contributed by atoms with van der Waals surface area (Å²) in [6.45, 7) is 8.74. The van der Waals surface area contributed by atoms with Crippen LogP contribution < -0.4 is 49.1 Å². The zero-order valence-corrected chi connectivity index (χ0v) is 26.9. The van der Waals surface area contributed by atoms with Crippen molar-refractivity contribution in [1.29, 1.82) is 0 Å². The van der Waals surface area contributed by atoms with Gasteiger partial charge in [0.15, 0.2) is 0 Å². The van der Waals surface area contributed by atoms with Crippen molar-refractivity contribution < 1.29 is 30.2 Å². The van der Waals surface area contributed by atoms with Crippen LogP contribution in [-0.4, -0.2) is 73.3 Å². The highest BCUT2D eigenvalue weighted by atomic mass is 33.1. The Balaban J connectivity index is -0.000000378. The molecule has 0 saturated heterocycles. The first-order valence-electron chi connectivity index (χ1n) is 12.8. The average Bonchev–Trinajstić information content (AvgIpc) is 2.97. The van der Waals surface area contributed by atoms with Gasteiger partial charge in [-0.05, 0) is 25.4 Å². The molecule has 0 rings (SSSR count). The maximum Gasteiger partial charge on any atom is 0.257 e. The van der Waals surface area contributed by atoms with E-state index in [9.17, 15) is 28.8 Å². The maximum atomic E-state index is 11.7. The summed E-state index contributed by atoms with van der Waals surface area (Å²) in [5, 5.41) is 2.39. The predicted molar refractivity (Wildman–Crippen MR) is 174 cm³/mol. The minimum atomic E-state index is -0.708. The van der Waals surface area contributed by atoms with Crippen LogP contribution in [-0.2, 0) is 28.8 Å². The maximum absolute atomic E-state index is 11.7. The second kappa shape index (κ2) is 39.9. The Morgan fingerprint density at radius 3 is 1.51 bits per heavy atom. The van der Waals surface area contributed by atoms with E-state index in [1.165, 1.54) is 21.6 Å². The van der Waals surface area contributed by atoms with Crippen LogP contribution in [0, 0.1) is 0 Å². The van der Waals surface area contributed by atoms with Gasteiger partial charge in [-0.2, -0.15) is 12.6 Å². The number of rotatable bonds is 18. The van der Waals surface area contributed by atoms with Gasteiger partial charge < -0.3 is 5.32 Å². The highest BCUT2D eigenvalue weighted by molar-refractivity contribution is 8.76. The summed E-state index contributed by atoms with van der Waals surface area (Å²) < 4.78 is 0. The molecule has 0 aliphatic rings. The van der Waals surface area contributed by atoms with Crippen LogP contribution in [0.2, 0.25) is 0 Å². The molecule has 0 aliphatic heterocycles. The summed E-state index contributed by atoms with van der Waals surface area (Å²) >= 11 is 3.53. The number of carbonyl (C=O) groups is 6. The van der Waals surface area contributed by atoms with Crippen molar-refractivity contribution in [3.63, 3.8) is 0 Å². The Morgan fingerprint density at radius 2 is 1.07 bits per heavy atom. The number of hydrogen-bond acceptors (Lipinski definition) is 12. The molecular weight excluding hydrogens is 595 g/mol. The molecule has 0 unspecified atom stereocenters. The van der Waals surface area contributed by atoms with Crippen molar-refractivity contribution in [3.05, 3.63) is 0 Å². The van der Waals surface area contributed by atoms with Gasteiger partial charge in [-0.1, -0.05) is 69.6 Å². The highest BCUT2D eigenvalue weighted by Crippen LogP contribution is 2.15. The fraction of sp³-hybridized carbons (Fsp3) is 0.739. The number of amides is 6. The van der Waals surface area contributed by atoms with Crippen LogP contribution in [0.4, 0.5) is 0 Å². The van der Waals surface area contributed by atoms with Gasteiger partial charge in [0.1, 0.15) is 12.8 Å². The van der Waals surface area contributed by atoms with Crippen molar-refractivity contribution in [2.75, 3.05) is 37.9 Å². The van der Waals surface area contributed by atoms with Gasteiger partial charge >= 0.3 is 0 Å². The predicted octanol–water partition coefficient (Wildman–Crippen LogP) is 0.314. The largest absolute Gasteiger partial charge is 0.346 e. The third-order valence-electron chi connectivity index (χ3n) is 3.71. The van der Waals surface area contributed by atoms with Gasteiger partial charge in [-0.15, -0.1) is 0 Å². The topological polar surface area (TPSA) is 225 Å². The van der Waals surface area contributed by atoms with Gasteiger partial charge in [0, 0.05) is 14.5 Å². The molecule has 0 fully saturated rings. The summed E-state index contributed by atoms with van der Waals surface area (Å²) in [5.74, 6) is 1.83. The first kappa shape index (κ1) is 48.5. The molecule has 0 spiro atoms. The molecule has 0 atom stereocenters. The number of thiol groups is 1. The minimum Gasteiger partial charge on any atom is -0.346 e. The van der Waals surface area contributed by atoms with E-state index in [0.717, 1.165) is 25.7 Å². The van der Waals surface area contributed by atoms with E-state index in [-0.39, 0.29) is 33.5 Å². The van der Waals surface area contributed by atoms with Crippen LogP contribution in [0.25, 0.3) is 0 Å². The molecule has 18 heteroatoms. The smallest absolute Gasteiger partial charge is 0.257 e. The van der Waals surface area contributed by atoms with Crippen molar-refractivity contribution in [3.8, 4) is 0 Å². The lowest BCUT2D eigenvalue weighted by atomic mass is 10.2. The lowest BCUT2D eigenvalue weighted by Crippen LogP contribution is -2.48. The van der Waals surface area contributed by atoms with Crippen molar-refractivity contribution in [1.82, 2.24) is 43.3 Å². The molecule has 0 saturated carbocycles. The van der Waals surface area contributed by atoms with Gasteiger partial charge in [-0.3, -0.25) is 55.9 Å². The Hall–Kier alpha value is -2.25. The Morgan fingerprint density at radius 1 is 0.659 bits per heavy atom. The second-order valence-electron chi connectivity index (χ2n) is 6.59. The Labute approximate surface area is 260 Å². The number of nitrogens with two attached hydrogens (primary N) is 1. The van der Waals surface area contributed by atoms with E-state index < -0.39 is 36.0 Å². The molecule has 15 nitrogen and oxygen atoms in total. The molecule has 0 aromatic carbocycles. The summed E-state index contributed by atoms with van der Waals surface area (Å²) in [7, 11) is 2.76. The number of carbonyl (C=O) groups excluding carboxylic acids is 6. The SMILES string of the molecule is C.CC.CC.CS.CSSCC(=O)NCC(=O)NNC(=O)CC(=O)NNCCCCCCNNC(=O)CC(=O)NN.[2HH]. The van der Waals surface area contributed by atoms with Crippen molar-refractivity contribution >= 4 is 69.7 Å². The van der Waals surface area contributed by atoms with Crippen LogP contribution >= 0.6 is 34.2 Å². The van der Waals surface area contributed by atoms with E-state index in [1.807, 2.05) is 39.4 Å². The van der Waals surface area contributed by atoms with E-state index in [4.69, 9.17) is 5.84 Å². The van der Waals surface area contributed by atoms with Crippen LogP contribution in [0.1, 0.15) is 75.1 Å². The molecule has 6 amide bonds. The molecular formula is C23H55N9O6S3. The number of hydrazine groups is 4. The van der Waals surface area contributed by atoms with Gasteiger partial charge in [0.05, 0.1) is 12.3 Å². The Bertz CT molecular complexity index is 700. The van der Waals surface area contributed by atoms with E-state index in [1.54, 1.807) is 6.26 Å². The summed E-state index contributed by atoms with van der Waals surface area (Å²) in [4.78, 5) is 68.4. The normalized spacial score (nSPS) is 8.78. The van der Waals surface area contributed by atoms with Gasteiger partial charge in [0.2, 0.25) is 29.5 Å². The third kappa shape index (κ3) is 40.0. The number of nitrogens with one attached hydrogen (secondary N) is 8.